The summed E-state index contributed by atoms with van der Waals surface area (Å²) < 4.78 is 103. The number of benzene rings is 4. The molecular formula is C85H126O16Si3. The first-order chi connectivity index (χ1) is 49.4. The topological polar surface area (TPSA) is 167 Å². The van der Waals surface area contributed by atoms with Crippen molar-refractivity contribution in [3.8, 4) is 0 Å². The Morgan fingerprint density at radius 1 is 0.567 bits per heavy atom. The average Bonchev–Trinajstić information content (AvgIpc) is 1.08. The molecule has 104 heavy (non-hydrogen) atoms. The van der Waals surface area contributed by atoms with Crippen LogP contribution in [-0.2, 0) is 83.4 Å². The van der Waals surface area contributed by atoms with E-state index in [9.17, 15) is 9.90 Å². The second kappa shape index (κ2) is 31.4. The number of aliphatic hydroxyl groups is 1. The molecule has 9 aliphatic heterocycles. The smallest absolute Gasteiger partial charge is 0.261 e. The summed E-state index contributed by atoms with van der Waals surface area (Å²) in [5, 5.41) is 14.5. The van der Waals surface area contributed by atoms with Crippen LogP contribution in [0.3, 0.4) is 0 Å². The van der Waals surface area contributed by atoms with E-state index in [4.69, 9.17) is 65.4 Å². The highest BCUT2D eigenvalue weighted by Gasteiger charge is 2.66. The lowest BCUT2D eigenvalue weighted by atomic mass is 9.73. The molecule has 9 saturated heterocycles. The summed E-state index contributed by atoms with van der Waals surface area (Å²) in [5.74, 6) is 0.105. The molecule has 16 nitrogen and oxygen atoms in total. The Kier molecular flexibility index (Phi) is 23.8. The van der Waals surface area contributed by atoms with E-state index in [1.54, 1.807) is 0 Å². The van der Waals surface area contributed by atoms with Gasteiger partial charge in [0.1, 0.15) is 30.0 Å². The summed E-state index contributed by atoms with van der Waals surface area (Å²) in [6.07, 6.45) is -1.24. The van der Waals surface area contributed by atoms with E-state index in [1.807, 2.05) is 36.4 Å². The largest absolute Gasteiger partial charge is 0.411 e. The fourth-order valence-corrected chi connectivity index (χ4v) is 28.0. The molecule has 1 N–H and O–H groups in total. The predicted octanol–water partition coefficient (Wildman–Crippen LogP) is 14.9. The number of fused-ring (bicyclic) bond motifs is 7. The molecule has 4 aromatic carbocycles. The first-order valence-electron chi connectivity index (χ1n) is 40.0. The van der Waals surface area contributed by atoms with Gasteiger partial charge < -0.3 is 70.5 Å². The maximum absolute atomic E-state index is 14.7. The molecule has 9 heterocycles. The van der Waals surface area contributed by atoms with E-state index in [-0.39, 0.29) is 102 Å². The normalized spacial score (nSPS) is 38.5. The van der Waals surface area contributed by atoms with Gasteiger partial charge in [0.25, 0.3) is 8.32 Å². The van der Waals surface area contributed by atoms with Crippen LogP contribution in [0.15, 0.2) is 121 Å². The van der Waals surface area contributed by atoms with Crippen molar-refractivity contribution in [2.75, 3.05) is 13.2 Å². The Labute approximate surface area is 625 Å². The second-order valence-electron chi connectivity index (χ2n) is 35.9. The summed E-state index contributed by atoms with van der Waals surface area (Å²) in [6.45, 7) is 38.1. The van der Waals surface area contributed by atoms with Gasteiger partial charge in [0.15, 0.2) is 22.4 Å². The molecular weight excluding hydrogens is 1360 g/mol. The zero-order valence-corrected chi connectivity index (χ0v) is 68.5. The molecule has 9 fully saturated rings. The third-order valence-electron chi connectivity index (χ3n) is 26.9. The molecule has 0 radical (unpaired) electrons. The lowest BCUT2D eigenvalue weighted by Gasteiger charge is -2.61. The van der Waals surface area contributed by atoms with E-state index in [1.165, 1.54) is 10.4 Å². The maximum atomic E-state index is 14.7. The van der Waals surface area contributed by atoms with Crippen molar-refractivity contribution in [2.45, 2.75) is 361 Å². The molecule has 0 amide bonds. The SMILES string of the molecule is CC[Si](CC)(CC)O[C@@H]1[C@@H]2O[C@H]3[C@H](C[C@H]2O[C@H]2C[C@@H](OCc4ccccc4)[C@H](COCc4ccccc4)O[C@@]21C)O[C@@H]1C[C@@H]2O[C@H](C[C@@H]4O[C@@H]5C[C@@H]6O[C@](C)(CCO[Si](c7ccccc7)(c7ccccc7)C(C)(C)C)[C@@H](O[Si](C)(C)C(C)(C)C)C[C@H]6O[C@H]5C[C@H]4O)C(=O)CC[C@@]2(C)O[C@@]1(C)CC[C@@H]3C. The number of ketones is 1. The highest BCUT2D eigenvalue weighted by atomic mass is 28.4. The van der Waals surface area contributed by atoms with Crippen molar-refractivity contribution in [1.29, 1.82) is 0 Å². The summed E-state index contributed by atoms with van der Waals surface area (Å²) in [7, 11) is -7.50. The molecule has 0 spiro atoms. The van der Waals surface area contributed by atoms with Gasteiger partial charge in [-0.05, 0) is 116 Å². The number of hydrogen-bond acceptors (Lipinski definition) is 16. The second-order valence-corrected chi connectivity index (χ2v) is 49.7. The molecule has 13 rings (SSSR count). The number of hydrogen-bond donors (Lipinski definition) is 1. The number of carbonyl (C=O) groups excluding carboxylic acids is 1. The Morgan fingerprint density at radius 2 is 1.13 bits per heavy atom. The minimum atomic E-state index is -2.87. The summed E-state index contributed by atoms with van der Waals surface area (Å²) in [5.41, 5.74) is -0.877. The fourth-order valence-electron chi connectivity index (χ4n) is 19.1. The van der Waals surface area contributed by atoms with Crippen LogP contribution in [0.2, 0.25) is 41.3 Å². The number of carbonyl (C=O) groups is 1. The van der Waals surface area contributed by atoms with Crippen LogP contribution in [0.25, 0.3) is 0 Å². The zero-order chi connectivity index (χ0) is 73.8. The number of Topliss-reactive ketones (excluding diaryl/α,β-unsaturated/α-hetero) is 1. The van der Waals surface area contributed by atoms with Crippen molar-refractivity contribution in [3.63, 3.8) is 0 Å². The highest BCUT2D eigenvalue weighted by molar-refractivity contribution is 6.99. The summed E-state index contributed by atoms with van der Waals surface area (Å²) in [6, 6.07) is 45.2. The molecule has 0 bridgehead atoms. The Morgan fingerprint density at radius 3 is 1.76 bits per heavy atom. The highest BCUT2D eigenvalue weighted by Crippen LogP contribution is 2.54. The molecule has 574 valence electrons. The zero-order valence-electron chi connectivity index (χ0n) is 65.5. The van der Waals surface area contributed by atoms with Crippen molar-refractivity contribution in [2.24, 2.45) is 5.92 Å². The number of ether oxygens (including phenoxy) is 11. The van der Waals surface area contributed by atoms with E-state index < -0.39 is 90.1 Å². The van der Waals surface area contributed by atoms with Gasteiger partial charge in [-0.25, -0.2) is 0 Å². The third-order valence-corrected chi connectivity index (χ3v) is 41.1. The summed E-state index contributed by atoms with van der Waals surface area (Å²) >= 11 is 0. The molecule has 19 heteroatoms. The van der Waals surface area contributed by atoms with Gasteiger partial charge in [0.05, 0.1) is 122 Å². The Balaban J connectivity index is 0.708. The van der Waals surface area contributed by atoms with Gasteiger partial charge >= 0.3 is 0 Å². The van der Waals surface area contributed by atoms with Gasteiger partial charge in [0.2, 0.25) is 0 Å². The molecule has 23 atom stereocenters. The van der Waals surface area contributed by atoms with Crippen molar-refractivity contribution in [3.05, 3.63) is 132 Å². The third kappa shape index (κ3) is 16.0. The van der Waals surface area contributed by atoms with E-state index in [0.717, 1.165) is 42.1 Å². The van der Waals surface area contributed by atoms with Crippen molar-refractivity contribution >= 4 is 41.1 Å². The standard InChI is InChI=1S/C85H126O16Si3/c1-17-103(18-2,19-3)100-79-78-71(95-76-50-65(89-54-58-34-26-21-27-35-58)72(98-85(76,79)14)55-88-53-57-32-24-20-25-33-57)49-70-77(96-78)56(4)40-42-83(12)74(94-70)52-73-84(13,101-83)43-41-61(86)63(93-73)47-64-62(87)46-66-67(91-64)48-69-68(92-66)51-75(99-102(15,16)80(5,6)7)82(11,97-69)44-45-90-104(81(8,9)10,59-36-28-22-29-37-59)60-38-30-23-31-39-60/h20-39,56,62-79,87H,17-19,40-55H2,1-16H3/t56-,62+,63+,64-,65+,66-,67+,68+,69-,70-,71+,72-,73-,74+,75-,76-,77+,78+,79+,82+,83-,84+,85-/m0/s1. The number of rotatable bonds is 22. The first-order valence-corrected chi connectivity index (χ1v) is 47.4. The van der Waals surface area contributed by atoms with Gasteiger partial charge in [-0.15, -0.1) is 0 Å². The van der Waals surface area contributed by atoms with E-state index >= 15 is 0 Å². The van der Waals surface area contributed by atoms with Gasteiger partial charge in [-0.2, -0.15) is 0 Å². The quantitative estimate of drug-likeness (QED) is 0.0738. The van der Waals surface area contributed by atoms with Crippen LogP contribution in [0.4, 0.5) is 0 Å². The minimum absolute atomic E-state index is 0.00427. The molecule has 0 unspecified atom stereocenters. The maximum Gasteiger partial charge on any atom is 0.261 e. The molecule has 0 aliphatic carbocycles. The van der Waals surface area contributed by atoms with E-state index in [0.29, 0.717) is 77.8 Å². The molecule has 0 aromatic heterocycles. The van der Waals surface area contributed by atoms with Crippen LogP contribution < -0.4 is 10.4 Å². The van der Waals surface area contributed by atoms with Gasteiger partial charge in [-0.1, -0.05) is 191 Å². The number of aliphatic hydroxyl groups excluding tert-OH is 1. The van der Waals surface area contributed by atoms with Gasteiger partial charge in [0, 0.05) is 64.4 Å². The lowest BCUT2D eigenvalue weighted by molar-refractivity contribution is -0.365. The van der Waals surface area contributed by atoms with Crippen LogP contribution >= 0.6 is 0 Å². The van der Waals surface area contributed by atoms with Crippen LogP contribution in [-0.4, -0.2) is 181 Å². The monoisotopic (exact) mass is 1490 g/mol. The lowest BCUT2D eigenvalue weighted by Crippen LogP contribution is -2.75. The molecule has 9 aliphatic rings. The molecule has 4 aromatic rings. The minimum Gasteiger partial charge on any atom is -0.411 e. The molecule has 0 saturated carbocycles. The average molecular weight is 1490 g/mol. The first kappa shape index (κ1) is 78.7. The van der Waals surface area contributed by atoms with Crippen LogP contribution in [0, 0.1) is 5.92 Å². The predicted molar refractivity (Wildman–Crippen MR) is 411 cm³/mol. The van der Waals surface area contributed by atoms with Crippen molar-refractivity contribution < 1.29 is 75.3 Å². The van der Waals surface area contributed by atoms with Crippen LogP contribution in [0.1, 0.15) is 185 Å². The Bertz CT molecular complexity index is 3400. The van der Waals surface area contributed by atoms with Gasteiger partial charge in [-0.3, -0.25) is 4.79 Å². The Hall–Kier alpha value is -3.40. The fraction of sp³-hybridized carbons (Fsp3) is 0.706. The summed E-state index contributed by atoms with van der Waals surface area (Å²) in [4.78, 5) is 14.7. The van der Waals surface area contributed by atoms with Crippen LogP contribution in [0.5, 0.6) is 0 Å². The van der Waals surface area contributed by atoms with Crippen molar-refractivity contribution in [1.82, 2.24) is 0 Å². The van der Waals surface area contributed by atoms with E-state index in [2.05, 4.69) is 195 Å².